The minimum Gasteiger partial charge on any atom is -0.490 e. The maximum absolute atomic E-state index is 13.3. The molecule has 3 aliphatic rings. The molecule has 1 aliphatic heterocycles. The zero-order chi connectivity index (χ0) is 22.7. The number of allylic oxidation sites excluding steroid dienone is 4. The number of ketones is 2. The van der Waals surface area contributed by atoms with Crippen LogP contribution in [-0.4, -0.2) is 36.2 Å². The first-order chi connectivity index (χ1) is 15.6. The fraction of sp³-hybridized carbons (Fsp3) is 0.481. The molecule has 0 spiro atoms. The van der Waals surface area contributed by atoms with Crippen LogP contribution in [0.1, 0.15) is 70.3 Å². The van der Waals surface area contributed by atoms with Crippen molar-refractivity contribution in [1.82, 2.24) is 4.90 Å². The SMILES string of the molecule is C=CCOc1ccc(C2C3=C(CCCC3=O)N(CCC)C3=C2C(=O)CCC3)cc1OCC. The van der Waals surface area contributed by atoms with Crippen LogP contribution >= 0.6 is 0 Å². The molecule has 0 radical (unpaired) electrons. The molecular formula is C27H33NO4. The molecule has 0 bridgehead atoms. The standard InChI is InChI=1S/C27H33NO4/c1-4-15-28-19-9-7-11-21(29)26(19)25(27-20(28)10-8-12-22(27)30)18-13-14-23(32-16-5-2)24(17-18)31-6-3/h5,13-14,17,25H,2,4,6-12,15-16H2,1,3H3. The monoisotopic (exact) mass is 435 g/mol. The molecule has 0 saturated heterocycles. The van der Waals surface area contributed by atoms with Gasteiger partial charge in [0, 0.05) is 47.8 Å². The van der Waals surface area contributed by atoms with Gasteiger partial charge >= 0.3 is 0 Å². The molecule has 0 aromatic heterocycles. The Hall–Kier alpha value is -2.82. The van der Waals surface area contributed by atoms with E-state index in [9.17, 15) is 9.59 Å². The highest BCUT2D eigenvalue weighted by molar-refractivity contribution is 6.06. The van der Waals surface area contributed by atoms with Crippen LogP contribution in [0.3, 0.4) is 0 Å². The summed E-state index contributed by atoms with van der Waals surface area (Å²) in [7, 11) is 0. The third kappa shape index (κ3) is 4.01. The fourth-order valence-electron chi connectivity index (χ4n) is 5.28. The van der Waals surface area contributed by atoms with Crippen molar-refractivity contribution in [3.05, 3.63) is 59.0 Å². The minimum absolute atomic E-state index is 0.173. The Labute approximate surface area is 190 Å². The van der Waals surface area contributed by atoms with Gasteiger partial charge in [0.25, 0.3) is 0 Å². The van der Waals surface area contributed by atoms with Crippen LogP contribution in [0.25, 0.3) is 0 Å². The number of carbonyl (C=O) groups excluding carboxylic acids is 2. The minimum atomic E-state index is -0.318. The summed E-state index contributed by atoms with van der Waals surface area (Å²) >= 11 is 0. The molecule has 0 amide bonds. The predicted octanol–water partition coefficient (Wildman–Crippen LogP) is 5.47. The molecule has 1 aromatic rings. The predicted molar refractivity (Wildman–Crippen MR) is 125 cm³/mol. The Morgan fingerprint density at radius 1 is 0.969 bits per heavy atom. The van der Waals surface area contributed by atoms with Crippen LogP contribution in [0.15, 0.2) is 53.4 Å². The Morgan fingerprint density at radius 3 is 2.19 bits per heavy atom. The lowest BCUT2D eigenvalue weighted by molar-refractivity contribution is -0.117. The third-order valence-corrected chi connectivity index (χ3v) is 6.49. The lowest BCUT2D eigenvalue weighted by Crippen LogP contribution is -2.39. The van der Waals surface area contributed by atoms with E-state index in [1.165, 1.54) is 0 Å². The van der Waals surface area contributed by atoms with Gasteiger partial charge in [-0.3, -0.25) is 9.59 Å². The third-order valence-electron chi connectivity index (χ3n) is 6.49. The highest BCUT2D eigenvalue weighted by Crippen LogP contribution is 2.50. The Kier molecular flexibility index (Phi) is 6.83. The van der Waals surface area contributed by atoms with Crippen LogP contribution < -0.4 is 9.47 Å². The summed E-state index contributed by atoms with van der Waals surface area (Å²) in [4.78, 5) is 28.9. The van der Waals surface area contributed by atoms with Crippen LogP contribution in [0, 0.1) is 0 Å². The molecule has 5 nitrogen and oxygen atoms in total. The van der Waals surface area contributed by atoms with Gasteiger partial charge in [0.15, 0.2) is 23.1 Å². The number of carbonyl (C=O) groups is 2. The molecule has 4 rings (SSSR count). The van der Waals surface area contributed by atoms with Gasteiger partial charge in [-0.2, -0.15) is 0 Å². The van der Waals surface area contributed by atoms with Crippen LogP contribution in [0.4, 0.5) is 0 Å². The smallest absolute Gasteiger partial charge is 0.161 e. The average Bonchev–Trinajstić information content (AvgIpc) is 2.79. The Balaban J connectivity index is 1.88. The summed E-state index contributed by atoms with van der Waals surface area (Å²) in [5.74, 6) is 1.31. The van der Waals surface area contributed by atoms with Gasteiger partial charge in [-0.05, 0) is 56.7 Å². The number of ether oxygens (including phenoxy) is 2. The molecule has 0 N–H and O–H groups in total. The van der Waals surface area contributed by atoms with Crippen molar-refractivity contribution >= 4 is 11.6 Å². The topological polar surface area (TPSA) is 55.8 Å². The van der Waals surface area contributed by atoms with Gasteiger partial charge in [-0.1, -0.05) is 25.6 Å². The molecule has 170 valence electrons. The van der Waals surface area contributed by atoms with Gasteiger partial charge in [0.2, 0.25) is 0 Å². The summed E-state index contributed by atoms with van der Waals surface area (Å²) < 4.78 is 11.7. The van der Waals surface area contributed by atoms with Crippen LogP contribution in [0.5, 0.6) is 11.5 Å². The molecule has 5 heteroatoms. The van der Waals surface area contributed by atoms with E-state index in [0.717, 1.165) is 66.8 Å². The summed E-state index contributed by atoms with van der Waals surface area (Å²) in [5.41, 5.74) is 4.83. The normalized spacial score (nSPS) is 19.1. The zero-order valence-electron chi connectivity index (χ0n) is 19.2. The van der Waals surface area contributed by atoms with Crippen LogP contribution in [-0.2, 0) is 9.59 Å². The van der Waals surface area contributed by atoms with Crippen molar-refractivity contribution in [1.29, 1.82) is 0 Å². The van der Waals surface area contributed by atoms with E-state index in [1.807, 2.05) is 25.1 Å². The number of Topliss-reactive ketones (excluding diaryl/α,β-unsaturated/α-hetero) is 2. The first-order valence-electron chi connectivity index (χ1n) is 11.9. The van der Waals surface area contributed by atoms with Crippen molar-refractivity contribution in [2.45, 2.75) is 64.7 Å². The maximum Gasteiger partial charge on any atom is 0.161 e. The lowest BCUT2D eigenvalue weighted by Gasteiger charge is -2.44. The maximum atomic E-state index is 13.3. The zero-order valence-corrected chi connectivity index (χ0v) is 19.2. The highest BCUT2D eigenvalue weighted by Gasteiger charge is 2.43. The van der Waals surface area contributed by atoms with E-state index >= 15 is 0 Å². The largest absolute Gasteiger partial charge is 0.490 e. The second-order valence-electron chi connectivity index (χ2n) is 8.60. The molecule has 32 heavy (non-hydrogen) atoms. The molecule has 1 heterocycles. The fourth-order valence-corrected chi connectivity index (χ4v) is 5.28. The summed E-state index contributed by atoms with van der Waals surface area (Å²) in [5, 5.41) is 0. The van der Waals surface area contributed by atoms with E-state index in [4.69, 9.17) is 9.47 Å². The van der Waals surface area contributed by atoms with E-state index < -0.39 is 0 Å². The van der Waals surface area contributed by atoms with Gasteiger partial charge in [0.1, 0.15) is 6.61 Å². The van der Waals surface area contributed by atoms with Crippen molar-refractivity contribution < 1.29 is 19.1 Å². The van der Waals surface area contributed by atoms with Gasteiger partial charge < -0.3 is 14.4 Å². The summed E-state index contributed by atoms with van der Waals surface area (Å²) in [6.45, 7) is 9.54. The molecular weight excluding hydrogens is 402 g/mol. The molecule has 1 aromatic carbocycles. The molecule has 2 aliphatic carbocycles. The first-order valence-corrected chi connectivity index (χ1v) is 11.9. The Bertz CT molecular complexity index is 943. The molecule has 0 fully saturated rings. The summed E-state index contributed by atoms with van der Waals surface area (Å²) in [6.07, 6.45) is 7.30. The number of nitrogens with zero attached hydrogens (tertiary/aromatic N) is 1. The second kappa shape index (κ2) is 9.76. The van der Waals surface area contributed by atoms with Gasteiger partial charge in [-0.25, -0.2) is 0 Å². The number of hydrogen-bond acceptors (Lipinski definition) is 5. The van der Waals surface area contributed by atoms with Gasteiger partial charge in [0.05, 0.1) is 6.61 Å². The van der Waals surface area contributed by atoms with E-state index in [1.54, 1.807) is 6.08 Å². The molecule has 0 saturated carbocycles. The number of benzene rings is 1. The number of rotatable bonds is 8. The number of hydrogen-bond donors (Lipinski definition) is 0. The van der Waals surface area contributed by atoms with Crippen molar-refractivity contribution in [3.8, 4) is 11.5 Å². The van der Waals surface area contributed by atoms with E-state index in [0.29, 0.717) is 37.6 Å². The van der Waals surface area contributed by atoms with E-state index in [-0.39, 0.29) is 17.5 Å². The van der Waals surface area contributed by atoms with Crippen LogP contribution in [0.2, 0.25) is 0 Å². The van der Waals surface area contributed by atoms with Crippen molar-refractivity contribution in [3.63, 3.8) is 0 Å². The second-order valence-corrected chi connectivity index (χ2v) is 8.60. The summed E-state index contributed by atoms with van der Waals surface area (Å²) in [6, 6.07) is 5.84. The Morgan fingerprint density at radius 2 is 1.62 bits per heavy atom. The van der Waals surface area contributed by atoms with Crippen molar-refractivity contribution in [2.75, 3.05) is 19.8 Å². The quantitative estimate of drug-likeness (QED) is 0.507. The average molecular weight is 436 g/mol. The first kappa shape index (κ1) is 22.4. The van der Waals surface area contributed by atoms with Crippen molar-refractivity contribution in [2.24, 2.45) is 0 Å². The van der Waals surface area contributed by atoms with E-state index in [2.05, 4.69) is 18.4 Å². The molecule has 0 unspecified atom stereocenters. The van der Waals surface area contributed by atoms with Gasteiger partial charge in [-0.15, -0.1) is 0 Å². The lowest BCUT2D eigenvalue weighted by atomic mass is 9.71. The highest BCUT2D eigenvalue weighted by atomic mass is 16.5. The molecule has 0 atom stereocenters.